The molecular weight excluding hydrogens is 444 g/mol. The van der Waals surface area contributed by atoms with Gasteiger partial charge in [0.25, 0.3) is 11.8 Å². The first-order chi connectivity index (χ1) is 16.4. The number of nitrogens with one attached hydrogen (secondary N) is 1. The lowest BCUT2D eigenvalue weighted by atomic mass is 10.0. The van der Waals surface area contributed by atoms with Crippen LogP contribution in [0.2, 0.25) is 0 Å². The second-order valence-corrected chi connectivity index (χ2v) is 10.6. The van der Waals surface area contributed by atoms with Crippen LogP contribution >= 0.6 is 0 Å². The molecule has 1 atom stereocenters. The summed E-state index contributed by atoms with van der Waals surface area (Å²) in [6.07, 6.45) is 4.25. The minimum absolute atomic E-state index is 0.152. The minimum atomic E-state index is -1.54. The summed E-state index contributed by atoms with van der Waals surface area (Å²) in [6.45, 7) is 4.38. The van der Waals surface area contributed by atoms with Crippen molar-refractivity contribution in [3.05, 3.63) is 88.5 Å². The number of rotatable bonds is 4. The highest BCUT2D eigenvalue weighted by molar-refractivity contribution is 7.85. The molecule has 1 heterocycles. The number of hydrogen-bond donors (Lipinski definition) is 1. The van der Waals surface area contributed by atoms with Gasteiger partial charge in [-0.2, -0.15) is 0 Å². The molecule has 5 rings (SSSR count). The topological polar surface area (TPSA) is 66.5 Å². The van der Waals surface area contributed by atoms with Crippen molar-refractivity contribution in [1.29, 1.82) is 0 Å². The molecule has 1 saturated carbocycles. The molecule has 2 aliphatic rings. The Labute approximate surface area is 202 Å². The summed E-state index contributed by atoms with van der Waals surface area (Å²) >= 11 is 0. The fraction of sp³-hybridized carbons (Fsp3) is 0.286. The number of nitrogens with zero attached hydrogens (tertiary/aromatic N) is 1. The fourth-order valence-corrected chi connectivity index (χ4v) is 6.19. The van der Waals surface area contributed by atoms with Gasteiger partial charge in [-0.1, -0.05) is 48.7 Å². The van der Waals surface area contributed by atoms with Gasteiger partial charge in [-0.15, -0.1) is 0 Å². The first-order valence-corrected chi connectivity index (χ1v) is 12.9. The summed E-state index contributed by atoms with van der Waals surface area (Å²) in [5.41, 5.74) is 4.64. The zero-order valence-electron chi connectivity index (χ0n) is 19.5. The second kappa shape index (κ2) is 9.18. The molecule has 3 aromatic rings. The Morgan fingerprint density at radius 1 is 1.00 bits per heavy atom. The number of carbonyl (C=O) groups is 2. The van der Waals surface area contributed by atoms with Crippen molar-refractivity contribution < 1.29 is 13.8 Å². The van der Waals surface area contributed by atoms with Gasteiger partial charge in [-0.3, -0.25) is 9.59 Å². The van der Waals surface area contributed by atoms with E-state index in [1.807, 2.05) is 26.0 Å². The summed E-state index contributed by atoms with van der Waals surface area (Å²) in [6, 6.07) is 18.6. The minimum Gasteiger partial charge on any atom is -0.349 e. The number of anilines is 1. The molecule has 1 fully saturated rings. The van der Waals surface area contributed by atoms with E-state index in [0.29, 0.717) is 33.2 Å². The lowest BCUT2D eigenvalue weighted by molar-refractivity contribution is 0.0935. The number of aryl methyl sites for hydroxylation is 2. The standard InChI is InChI=1S/C28H28N2O3S/c1-18-11-12-19(2)21(15-18)17-30-24-16-20(27(31)29-22-7-3-4-8-22)13-14-26(24)34(33)25-10-6-5-9-23(25)28(30)32/h5-6,9-16,22H,3-4,7-8,17H2,1-2H3,(H,29,31). The van der Waals surface area contributed by atoms with Gasteiger partial charge in [-0.05, 0) is 68.1 Å². The SMILES string of the molecule is Cc1ccc(C)c(CN2C(=O)c3ccccc3S(=O)c3ccc(C(=O)NC4CCCC4)cc32)c1. The van der Waals surface area contributed by atoms with Crippen LogP contribution in [0.4, 0.5) is 5.69 Å². The largest absolute Gasteiger partial charge is 0.349 e. The van der Waals surface area contributed by atoms with Crippen LogP contribution in [0.3, 0.4) is 0 Å². The van der Waals surface area contributed by atoms with Crippen LogP contribution in [0, 0.1) is 13.8 Å². The Morgan fingerprint density at radius 2 is 1.76 bits per heavy atom. The van der Waals surface area contributed by atoms with Crippen molar-refractivity contribution in [3.8, 4) is 0 Å². The molecule has 1 unspecified atom stereocenters. The number of benzene rings is 3. The lowest BCUT2D eigenvalue weighted by Crippen LogP contribution is -2.33. The van der Waals surface area contributed by atoms with Gasteiger partial charge >= 0.3 is 0 Å². The second-order valence-electron chi connectivity index (χ2n) is 9.22. The zero-order chi connectivity index (χ0) is 23.8. The van der Waals surface area contributed by atoms with Crippen LogP contribution < -0.4 is 10.2 Å². The average molecular weight is 473 g/mol. The third-order valence-corrected chi connectivity index (χ3v) is 8.30. The lowest BCUT2D eigenvalue weighted by Gasteiger charge is -2.25. The maximum Gasteiger partial charge on any atom is 0.259 e. The highest BCUT2D eigenvalue weighted by Crippen LogP contribution is 2.36. The van der Waals surface area contributed by atoms with E-state index in [0.717, 1.165) is 42.4 Å². The highest BCUT2D eigenvalue weighted by Gasteiger charge is 2.32. The van der Waals surface area contributed by atoms with Crippen LogP contribution in [-0.4, -0.2) is 22.1 Å². The number of carbonyl (C=O) groups excluding carboxylic acids is 2. The van der Waals surface area contributed by atoms with Gasteiger partial charge in [0.05, 0.1) is 38.4 Å². The van der Waals surface area contributed by atoms with Crippen molar-refractivity contribution in [3.63, 3.8) is 0 Å². The first kappa shape index (κ1) is 22.5. The van der Waals surface area contributed by atoms with Gasteiger partial charge in [-0.25, -0.2) is 4.21 Å². The Morgan fingerprint density at radius 3 is 2.56 bits per heavy atom. The first-order valence-electron chi connectivity index (χ1n) is 11.8. The Balaban J connectivity index is 1.61. The third kappa shape index (κ3) is 4.18. The van der Waals surface area contributed by atoms with Crippen molar-refractivity contribution in [2.24, 2.45) is 0 Å². The quantitative estimate of drug-likeness (QED) is 0.560. The molecule has 1 aliphatic carbocycles. The van der Waals surface area contributed by atoms with Crippen molar-refractivity contribution in [1.82, 2.24) is 5.32 Å². The summed E-state index contributed by atoms with van der Waals surface area (Å²) in [5.74, 6) is -0.363. The molecular formula is C28H28N2O3S. The van der Waals surface area contributed by atoms with Gasteiger partial charge < -0.3 is 10.2 Å². The van der Waals surface area contributed by atoms with Crippen molar-refractivity contribution in [2.75, 3.05) is 4.90 Å². The van der Waals surface area contributed by atoms with Crippen molar-refractivity contribution >= 4 is 28.3 Å². The normalized spacial score (nSPS) is 17.8. The maximum absolute atomic E-state index is 13.8. The molecule has 0 radical (unpaired) electrons. The number of amides is 2. The van der Waals surface area contributed by atoms with Crippen LogP contribution in [0.1, 0.15) is 63.1 Å². The van der Waals surface area contributed by atoms with E-state index >= 15 is 0 Å². The van der Waals surface area contributed by atoms with E-state index < -0.39 is 10.8 Å². The van der Waals surface area contributed by atoms with Gasteiger partial charge in [0.15, 0.2) is 0 Å². The number of hydrogen-bond acceptors (Lipinski definition) is 3. The smallest absolute Gasteiger partial charge is 0.259 e. The predicted octanol–water partition coefficient (Wildman–Crippen LogP) is 5.30. The zero-order valence-corrected chi connectivity index (χ0v) is 20.3. The maximum atomic E-state index is 13.8. The van der Waals surface area contributed by atoms with Crippen molar-refractivity contribution in [2.45, 2.75) is 61.9 Å². The van der Waals surface area contributed by atoms with E-state index in [4.69, 9.17) is 0 Å². The molecule has 1 N–H and O–H groups in total. The Hall–Kier alpha value is -3.25. The van der Waals surface area contributed by atoms with E-state index in [1.165, 1.54) is 0 Å². The molecule has 1 aliphatic heterocycles. The summed E-state index contributed by atoms with van der Waals surface area (Å²) in [5, 5.41) is 3.12. The van der Waals surface area contributed by atoms with Gasteiger partial charge in [0, 0.05) is 11.6 Å². The molecule has 2 amide bonds. The molecule has 0 saturated heterocycles. The van der Waals surface area contributed by atoms with Crippen LogP contribution in [0.15, 0.2) is 70.5 Å². The molecule has 174 valence electrons. The Kier molecular flexibility index (Phi) is 6.09. The van der Waals surface area contributed by atoms with E-state index in [1.54, 1.807) is 47.4 Å². The van der Waals surface area contributed by atoms with Gasteiger partial charge in [0.1, 0.15) is 0 Å². The molecule has 0 bridgehead atoms. The van der Waals surface area contributed by atoms with E-state index in [9.17, 15) is 13.8 Å². The monoisotopic (exact) mass is 472 g/mol. The predicted molar refractivity (Wildman–Crippen MR) is 134 cm³/mol. The molecule has 34 heavy (non-hydrogen) atoms. The highest BCUT2D eigenvalue weighted by atomic mass is 32.2. The van der Waals surface area contributed by atoms with Crippen LogP contribution in [0.5, 0.6) is 0 Å². The van der Waals surface area contributed by atoms with E-state index in [2.05, 4.69) is 11.4 Å². The summed E-state index contributed by atoms with van der Waals surface area (Å²) in [7, 11) is -1.54. The summed E-state index contributed by atoms with van der Waals surface area (Å²) < 4.78 is 13.6. The average Bonchev–Trinajstić information content (AvgIpc) is 3.34. The molecule has 0 aromatic heterocycles. The molecule has 6 heteroatoms. The number of fused-ring (bicyclic) bond motifs is 2. The van der Waals surface area contributed by atoms with Crippen LogP contribution in [0.25, 0.3) is 0 Å². The Bertz CT molecular complexity index is 1310. The van der Waals surface area contributed by atoms with E-state index in [-0.39, 0.29) is 17.9 Å². The third-order valence-electron chi connectivity index (χ3n) is 6.80. The molecule has 3 aromatic carbocycles. The molecule has 0 spiro atoms. The fourth-order valence-electron chi connectivity index (χ4n) is 4.84. The van der Waals surface area contributed by atoms with Crippen LogP contribution in [-0.2, 0) is 17.3 Å². The van der Waals surface area contributed by atoms with Gasteiger partial charge in [0.2, 0.25) is 0 Å². The molecule has 5 nitrogen and oxygen atoms in total. The summed E-state index contributed by atoms with van der Waals surface area (Å²) in [4.78, 5) is 29.5.